The molecule has 4 heteroatoms. The van der Waals surface area contributed by atoms with Gasteiger partial charge in [0.25, 0.3) is 0 Å². The van der Waals surface area contributed by atoms with Crippen LogP contribution in [0.25, 0.3) is 0 Å². The summed E-state index contributed by atoms with van der Waals surface area (Å²) in [6.07, 6.45) is 0.292. The summed E-state index contributed by atoms with van der Waals surface area (Å²) in [5.41, 5.74) is 6.85. The molecule has 0 bridgehead atoms. The molecule has 2 N–H and O–H groups in total. The van der Waals surface area contributed by atoms with Crippen molar-refractivity contribution in [3.05, 3.63) is 29.8 Å². The molecule has 1 rings (SSSR count). The Labute approximate surface area is 108 Å². The average molecular weight is 251 g/mol. The quantitative estimate of drug-likeness (QED) is 0.789. The van der Waals surface area contributed by atoms with Crippen LogP contribution < -0.4 is 10.5 Å². The SMILES string of the molecule is CCOC(=O)C[C@@H](N)c1cccc(OC(C)C)c1. The van der Waals surface area contributed by atoms with Crippen molar-refractivity contribution in [3.63, 3.8) is 0 Å². The van der Waals surface area contributed by atoms with Gasteiger partial charge in [-0.1, -0.05) is 12.1 Å². The third-order valence-corrected chi connectivity index (χ3v) is 2.35. The van der Waals surface area contributed by atoms with Crippen LogP contribution in [0.2, 0.25) is 0 Å². The minimum atomic E-state index is -0.361. The second-order valence-corrected chi connectivity index (χ2v) is 4.35. The summed E-state index contributed by atoms with van der Waals surface area (Å²) >= 11 is 0. The van der Waals surface area contributed by atoms with E-state index in [0.717, 1.165) is 11.3 Å². The average Bonchev–Trinajstić information content (AvgIpc) is 2.28. The van der Waals surface area contributed by atoms with Crippen molar-refractivity contribution in [2.24, 2.45) is 5.73 Å². The van der Waals surface area contributed by atoms with Gasteiger partial charge in [0.05, 0.1) is 19.1 Å². The van der Waals surface area contributed by atoms with E-state index < -0.39 is 0 Å². The van der Waals surface area contributed by atoms with Crippen LogP contribution in [-0.2, 0) is 9.53 Å². The molecular formula is C14H21NO3. The molecule has 1 aromatic carbocycles. The van der Waals surface area contributed by atoms with E-state index in [1.54, 1.807) is 6.92 Å². The number of hydrogen-bond acceptors (Lipinski definition) is 4. The molecule has 0 heterocycles. The van der Waals surface area contributed by atoms with Crippen LogP contribution >= 0.6 is 0 Å². The molecule has 0 spiro atoms. The van der Waals surface area contributed by atoms with Gasteiger partial charge >= 0.3 is 5.97 Å². The molecule has 0 aliphatic carbocycles. The van der Waals surface area contributed by atoms with E-state index in [2.05, 4.69) is 0 Å². The van der Waals surface area contributed by atoms with Crippen molar-refractivity contribution in [1.82, 2.24) is 0 Å². The molecule has 18 heavy (non-hydrogen) atoms. The van der Waals surface area contributed by atoms with E-state index in [1.807, 2.05) is 38.1 Å². The molecule has 4 nitrogen and oxygen atoms in total. The second kappa shape index (κ2) is 7.01. The van der Waals surface area contributed by atoms with Crippen molar-refractivity contribution < 1.29 is 14.3 Å². The van der Waals surface area contributed by atoms with Crippen molar-refractivity contribution in [2.45, 2.75) is 39.3 Å². The predicted octanol–water partition coefficient (Wildman–Crippen LogP) is 2.43. The highest BCUT2D eigenvalue weighted by atomic mass is 16.5. The first-order valence-corrected chi connectivity index (χ1v) is 6.20. The lowest BCUT2D eigenvalue weighted by Crippen LogP contribution is -2.17. The van der Waals surface area contributed by atoms with Crippen molar-refractivity contribution in [3.8, 4) is 5.75 Å². The lowest BCUT2D eigenvalue weighted by atomic mass is 10.0. The van der Waals surface area contributed by atoms with E-state index in [9.17, 15) is 4.79 Å². The van der Waals surface area contributed by atoms with E-state index in [0.29, 0.717) is 6.61 Å². The van der Waals surface area contributed by atoms with Gasteiger partial charge in [-0.2, -0.15) is 0 Å². The van der Waals surface area contributed by atoms with Crippen LogP contribution in [0.15, 0.2) is 24.3 Å². The molecule has 0 saturated heterocycles. The molecule has 0 aliphatic rings. The topological polar surface area (TPSA) is 61.5 Å². The van der Waals surface area contributed by atoms with Crippen LogP contribution in [-0.4, -0.2) is 18.7 Å². The maximum Gasteiger partial charge on any atom is 0.307 e. The number of hydrogen-bond donors (Lipinski definition) is 1. The number of ether oxygens (including phenoxy) is 2. The highest BCUT2D eigenvalue weighted by Gasteiger charge is 2.13. The molecule has 1 aromatic rings. The van der Waals surface area contributed by atoms with Gasteiger partial charge < -0.3 is 15.2 Å². The molecule has 100 valence electrons. The predicted molar refractivity (Wildman–Crippen MR) is 70.4 cm³/mol. The summed E-state index contributed by atoms with van der Waals surface area (Å²) in [7, 11) is 0. The number of nitrogens with two attached hydrogens (primary N) is 1. The Hall–Kier alpha value is -1.55. The zero-order valence-corrected chi connectivity index (χ0v) is 11.2. The van der Waals surface area contributed by atoms with Crippen LogP contribution in [0.3, 0.4) is 0 Å². The first-order valence-electron chi connectivity index (χ1n) is 6.20. The zero-order chi connectivity index (χ0) is 13.5. The monoisotopic (exact) mass is 251 g/mol. The fraction of sp³-hybridized carbons (Fsp3) is 0.500. The number of benzene rings is 1. The molecule has 0 saturated carbocycles. The summed E-state index contributed by atoms with van der Waals surface area (Å²) in [5, 5.41) is 0. The third kappa shape index (κ3) is 4.75. The van der Waals surface area contributed by atoms with E-state index in [-0.39, 0.29) is 24.5 Å². The normalized spacial score (nSPS) is 12.3. The fourth-order valence-electron chi connectivity index (χ4n) is 1.61. The minimum Gasteiger partial charge on any atom is -0.491 e. The molecule has 1 atom stereocenters. The number of carbonyl (C=O) groups excluding carboxylic acids is 1. The lowest BCUT2D eigenvalue weighted by Gasteiger charge is -2.14. The maximum atomic E-state index is 11.4. The Morgan fingerprint density at radius 2 is 2.11 bits per heavy atom. The third-order valence-electron chi connectivity index (χ3n) is 2.35. The standard InChI is InChI=1S/C14H21NO3/c1-4-17-14(16)9-13(15)11-6-5-7-12(8-11)18-10(2)3/h5-8,10,13H,4,9,15H2,1-3H3/t13-/m1/s1. The largest absolute Gasteiger partial charge is 0.491 e. The molecule has 0 amide bonds. The summed E-state index contributed by atoms with van der Waals surface area (Å²) in [5.74, 6) is 0.488. The van der Waals surface area contributed by atoms with Gasteiger partial charge in [-0.3, -0.25) is 4.79 Å². The van der Waals surface area contributed by atoms with E-state index in [4.69, 9.17) is 15.2 Å². The summed E-state index contributed by atoms with van der Waals surface area (Å²) in [6, 6.07) is 7.14. The van der Waals surface area contributed by atoms with Crippen LogP contribution in [0.1, 0.15) is 38.8 Å². The Kier molecular flexibility index (Phi) is 5.65. The van der Waals surface area contributed by atoms with Gasteiger partial charge in [0.1, 0.15) is 5.75 Å². The van der Waals surface area contributed by atoms with Crippen molar-refractivity contribution in [1.29, 1.82) is 0 Å². The lowest BCUT2D eigenvalue weighted by molar-refractivity contribution is -0.143. The van der Waals surface area contributed by atoms with Gasteiger partial charge in [-0.25, -0.2) is 0 Å². The van der Waals surface area contributed by atoms with Crippen LogP contribution in [0, 0.1) is 0 Å². The van der Waals surface area contributed by atoms with Gasteiger partial charge in [0.15, 0.2) is 0 Å². The minimum absolute atomic E-state index is 0.113. The number of carbonyl (C=O) groups is 1. The second-order valence-electron chi connectivity index (χ2n) is 4.35. The summed E-state index contributed by atoms with van der Waals surface area (Å²) in [4.78, 5) is 11.4. The molecule has 0 fully saturated rings. The Morgan fingerprint density at radius 1 is 1.39 bits per heavy atom. The smallest absolute Gasteiger partial charge is 0.307 e. The molecule has 0 radical (unpaired) electrons. The Bertz CT molecular complexity index is 390. The van der Waals surface area contributed by atoms with E-state index in [1.165, 1.54) is 0 Å². The van der Waals surface area contributed by atoms with Crippen LogP contribution in [0.4, 0.5) is 0 Å². The highest BCUT2D eigenvalue weighted by Crippen LogP contribution is 2.21. The highest BCUT2D eigenvalue weighted by molar-refractivity contribution is 5.70. The number of rotatable bonds is 6. The molecular weight excluding hydrogens is 230 g/mol. The van der Waals surface area contributed by atoms with Crippen LogP contribution in [0.5, 0.6) is 5.75 Å². The number of esters is 1. The first-order chi connectivity index (χ1) is 8.52. The van der Waals surface area contributed by atoms with Crippen molar-refractivity contribution in [2.75, 3.05) is 6.61 Å². The van der Waals surface area contributed by atoms with Crippen molar-refractivity contribution >= 4 is 5.97 Å². The molecule has 0 aromatic heterocycles. The van der Waals surface area contributed by atoms with E-state index >= 15 is 0 Å². The first kappa shape index (κ1) is 14.5. The van der Waals surface area contributed by atoms with Gasteiger partial charge in [0, 0.05) is 6.04 Å². The van der Waals surface area contributed by atoms with Gasteiger partial charge in [0.2, 0.25) is 0 Å². The zero-order valence-electron chi connectivity index (χ0n) is 11.2. The summed E-state index contributed by atoms with van der Waals surface area (Å²) < 4.78 is 10.5. The van der Waals surface area contributed by atoms with Gasteiger partial charge in [-0.05, 0) is 38.5 Å². The summed E-state index contributed by atoms with van der Waals surface area (Å²) in [6.45, 7) is 6.08. The van der Waals surface area contributed by atoms with Gasteiger partial charge in [-0.15, -0.1) is 0 Å². The fourth-order valence-corrected chi connectivity index (χ4v) is 1.61. The molecule has 0 aliphatic heterocycles. The maximum absolute atomic E-state index is 11.4. The Balaban J connectivity index is 2.67. The molecule has 0 unspecified atom stereocenters. The Morgan fingerprint density at radius 3 is 2.72 bits per heavy atom.